The molecule has 0 radical (unpaired) electrons. The first-order valence-corrected chi connectivity index (χ1v) is 9.04. The van der Waals surface area contributed by atoms with Gasteiger partial charge < -0.3 is 0 Å². The van der Waals surface area contributed by atoms with Crippen molar-refractivity contribution in [3.63, 3.8) is 0 Å². The number of hydrogen-bond donors (Lipinski definition) is 0. The second-order valence-electron chi connectivity index (χ2n) is 6.10. The van der Waals surface area contributed by atoms with Crippen molar-refractivity contribution in [1.82, 2.24) is 9.21 Å². The molecule has 0 aliphatic carbocycles. The topological polar surface area (TPSA) is 40.6 Å². The molecule has 2 heterocycles. The standard InChI is InChI=1S/C15H21FN2O2S/c1-12-9-17-7-3-6-15(17)10-18(12)21(19,20)11-13-4-2-5-14(16)8-13/h2,4-5,8,12,15H,3,6-7,9-11H2,1H3. The number of hydrogen-bond acceptors (Lipinski definition) is 3. The summed E-state index contributed by atoms with van der Waals surface area (Å²) in [5, 5.41) is 0. The van der Waals surface area contributed by atoms with Gasteiger partial charge in [-0.05, 0) is 44.0 Å². The van der Waals surface area contributed by atoms with Crippen molar-refractivity contribution < 1.29 is 12.8 Å². The molecule has 0 saturated carbocycles. The summed E-state index contributed by atoms with van der Waals surface area (Å²) < 4.78 is 40.1. The quantitative estimate of drug-likeness (QED) is 0.855. The predicted octanol–water partition coefficient (Wildman–Crippen LogP) is 1.82. The largest absolute Gasteiger partial charge is 0.297 e. The van der Waals surface area contributed by atoms with Gasteiger partial charge in [0.1, 0.15) is 5.82 Å². The van der Waals surface area contributed by atoms with E-state index in [1.54, 1.807) is 16.4 Å². The van der Waals surface area contributed by atoms with Gasteiger partial charge in [0.15, 0.2) is 0 Å². The van der Waals surface area contributed by atoms with Gasteiger partial charge in [-0.25, -0.2) is 12.8 Å². The van der Waals surface area contributed by atoms with E-state index in [1.807, 2.05) is 6.92 Å². The summed E-state index contributed by atoms with van der Waals surface area (Å²) in [4.78, 5) is 2.39. The minimum Gasteiger partial charge on any atom is -0.297 e. The molecule has 2 aliphatic heterocycles. The summed E-state index contributed by atoms with van der Waals surface area (Å²) in [5.74, 6) is -0.515. The summed E-state index contributed by atoms with van der Waals surface area (Å²) in [7, 11) is -3.40. The molecule has 3 rings (SSSR count). The van der Waals surface area contributed by atoms with Crippen LogP contribution in [0.3, 0.4) is 0 Å². The molecular weight excluding hydrogens is 291 g/mol. The van der Waals surface area contributed by atoms with E-state index < -0.39 is 15.8 Å². The number of rotatable bonds is 3. The van der Waals surface area contributed by atoms with Crippen LogP contribution in [0.5, 0.6) is 0 Å². The zero-order chi connectivity index (χ0) is 15.0. The molecule has 1 aromatic carbocycles. The van der Waals surface area contributed by atoms with Crippen LogP contribution in [0.25, 0.3) is 0 Å². The number of fused-ring (bicyclic) bond motifs is 1. The van der Waals surface area contributed by atoms with Crippen molar-refractivity contribution in [2.75, 3.05) is 19.6 Å². The van der Waals surface area contributed by atoms with E-state index in [9.17, 15) is 12.8 Å². The van der Waals surface area contributed by atoms with Gasteiger partial charge in [0, 0.05) is 25.2 Å². The van der Waals surface area contributed by atoms with Crippen molar-refractivity contribution in [3.8, 4) is 0 Å². The zero-order valence-electron chi connectivity index (χ0n) is 12.2. The second-order valence-corrected chi connectivity index (χ2v) is 8.02. The van der Waals surface area contributed by atoms with Gasteiger partial charge in [0.05, 0.1) is 5.75 Å². The molecule has 2 fully saturated rings. The lowest BCUT2D eigenvalue weighted by molar-refractivity contribution is 0.117. The number of sulfonamides is 1. The number of benzene rings is 1. The molecule has 0 spiro atoms. The predicted molar refractivity (Wildman–Crippen MR) is 79.8 cm³/mol. The van der Waals surface area contributed by atoms with Crippen molar-refractivity contribution >= 4 is 10.0 Å². The van der Waals surface area contributed by atoms with Crippen LogP contribution in [0.2, 0.25) is 0 Å². The summed E-state index contributed by atoms with van der Waals surface area (Å²) >= 11 is 0. The molecule has 6 heteroatoms. The first kappa shape index (κ1) is 14.9. The SMILES string of the molecule is CC1CN2CCCC2CN1S(=O)(=O)Cc1cccc(F)c1. The van der Waals surface area contributed by atoms with Gasteiger partial charge in [-0.3, -0.25) is 4.90 Å². The van der Waals surface area contributed by atoms with Crippen molar-refractivity contribution in [2.24, 2.45) is 0 Å². The fourth-order valence-corrected chi connectivity index (χ4v) is 5.25. The number of halogens is 1. The highest BCUT2D eigenvalue weighted by atomic mass is 32.2. The summed E-state index contributed by atoms with van der Waals surface area (Å²) in [5.41, 5.74) is 0.510. The van der Waals surface area contributed by atoms with Crippen LogP contribution in [-0.2, 0) is 15.8 Å². The number of piperazine rings is 1. The lowest BCUT2D eigenvalue weighted by Crippen LogP contribution is -2.56. The average molecular weight is 312 g/mol. The summed E-state index contributed by atoms with van der Waals surface area (Å²) in [6, 6.07) is 6.18. The lowest BCUT2D eigenvalue weighted by Gasteiger charge is -2.41. The fraction of sp³-hybridized carbons (Fsp3) is 0.600. The van der Waals surface area contributed by atoms with Crippen LogP contribution in [0, 0.1) is 5.82 Å². The fourth-order valence-electron chi connectivity index (χ4n) is 3.47. The van der Waals surface area contributed by atoms with E-state index >= 15 is 0 Å². The van der Waals surface area contributed by atoms with Crippen LogP contribution in [-0.4, -0.2) is 49.3 Å². The van der Waals surface area contributed by atoms with Gasteiger partial charge in [-0.1, -0.05) is 12.1 Å². The van der Waals surface area contributed by atoms with Crippen LogP contribution in [0.15, 0.2) is 24.3 Å². The Bertz CT molecular complexity index is 620. The van der Waals surface area contributed by atoms with Crippen LogP contribution < -0.4 is 0 Å². The summed E-state index contributed by atoms with van der Waals surface area (Å²) in [6.45, 7) is 4.40. The third-order valence-electron chi connectivity index (χ3n) is 4.48. The van der Waals surface area contributed by atoms with Gasteiger partial charge in [-0.2, -0.15) is 4.31 Å². The molecule has 2 saturated heterocycles. The molecule has 0 N–H and O–H groups in total. The highest BCUT2D eigenvalue weighted by Gasteiger charge is 2.39. The Balaban J connectivity index is 1.77. The van der Waals surface area contributed by atoms with Crippen molar-refractivity contribution in [2.45, 2.75) is 37.6 Å². The maximum absolute atomic E-state index is 13.2. The van der Waals surface area contributed by atoms with Crippen molar-refractivity contribution in [3.05, 3.63) is 35.6 Å². The Morgan fingerprint density at radius 3 is 2.90 bits per heavy atom. The third kappa shape index (κ3) is 3.12. The Morgan fingerprint density at radius 1 is 1.33 bits per heavy atom. The Morgan fingerprint density at radius 2 is 2.14 bits per heavy atom. The van der Waals surface area contributed by atoms with Gasteiger partial charge in [-0.15, -0.1) is 0 Å². The van der Waals surface area contributed by atoms with Crippen molar-refractivity contribution in [1.29, 1.82) is 0 Å². The maximum atomic E-state index is 13.2. The molecular formula is C15H21FN2O2S. The molecule has 0 bridgehead atoms. The van der Waals surface area contributed by atoms with Crippen LogP contribution in [0.1, 0.15) is 25.3 Å². The van der Waals surface area contributed by atoms with E-state index in [2.05, 4.69) is 4.90 Å². The molecule has 116 valence electrons. The molecule has 4 nitrogen and oxygen atoms in total. The van der Waals surface area contributed by atoms with E-state index in [0.717, 1.165) is 25.9 Å². The maximum Gasteiger partial charge on any atom is 0.218 e. The Hall–Kier alpha value is -0.980. The highest BCUT2D eigenvalue weighted by molar-refractivity contribution is 7.88. The van der Waals surface area contributed by atoms with Gasteiger partial charge in [0.25, 0.3) is 0 Å². The lowest BCUT2D eigenvalue weighted by atomic mass is 10.1. The Labute approximate surface area is 125 Å². The van der Waals surface area contributed by atoms with Gasteiger partial charge >= 0.3 is 0 Å². The first-order chi connectivity index (χ1) is 9.95. The molecule has 0 amide bonds. The molecule has 2 unspecified atom stereocenters. The zero-order valence-corrected chi connectivity index (χ0v) is 13.0. The minimum absolute atomic E-state index is 0.0158. The average Bonchev–Trinajstić information content (AvgIpc) is 2.84. The number of nitrogens with zero attached hydrogens (tertiary/aromatic N) is 2. The van der Waals surface area contributed by atoms with E-state index in [4.69, 9.17) is 0 Å². The monoisotopic (exact) mass is 312 g/mol. The van der Waals surface area contributed by atoms with E-state index in [1.165, 1.54) is 12.1 Å². The van der Waals surface area contributed by atoms with Crippen LogP contribution in [0.4, 0.5) is 4.39 Å². The molecule has 2 atom stereocenters. The Kier molecular flexibility index (Phi) is 4.03. The van der Waals surface area contributed by atoms with E-state index in [-0.39, 0.29) is 11.8 Å². The second kappa shape index (κ2) is 5.66. The normalized spacial score (nSPS) is 27.7. The van der Waals surface area contributed by atoms with Crippen LogP contribution >= 0.6 is 0 Å². The molecule has 2 aliphatic rings. The summed E-state index contributed by atoms with van der Waals surface area (Å²) in [6.07, 6.45) is 2.22. The molecule has 21 heavy (non-hydrogen) atoms. The van der Waals surface area contributed by atoms with Gasteiger partial charge in [0.2, 0.25) is 10.0 Å². The highest BCUT2D eigenvalue weighted by Crippen LogP contribution is 2.27. The first-order valence-electron chi connectivity index (χ1n) is 7.44. The molecule has 0 aromatic heterocycles. The van der Waals surface area contributed by atoms with E-state index in [0.29, 0.717) is 18.2 Å². The third-order valence-corrected chi connectivity index (χ3v) is 6.40. The molecule has 1 aromatic rings. The smallest absolute Gasteiger partial charge is 0.218 e. The minimum atomic E-state index is -3.40.